The van der Waals surface area contributed by atoms with Crippen LogP contribution in [-0.4, -0.2) is 17.0 Å². The van der Waals surface area contributed by atoms with Crippen molar-refractivity contribution >= 4 is 39.0 Å². The number of rotatable bonds is 4. The molecule has 0 atom stereocenters. The molecule has 6 nitrogen and oxygen atoms in total. The van der Waals surface area contributed by atoms with Crippen molar-refractivity contribution < 1.29 is 14.1 Å². The predicted octanol–water partition coefficient (Wildman–Crippen LogP) is 4.38. The number of benzene rings is 1. The molecule has 0 radical (unpaired) electrons. The molecule has 0 unspecified atom stereocenters. The Morgan fingerprint density at radius 3 is 2.76 bits per heavy atom. The minimum Gasteiger partial charge on any atom is -0.437 e. The number of halogens is 3. The number of hydrogen-bond donors (Lipinski definition) is 1. The largest absolute Gasteiger partial charge is 0.437 e. The lowest BCUT2D eigenvalue weighted by Gasteiger charge is -2.09. The number of nitro groups is 1. The molecule has 1 heterocycles. The van der Waals surface area contributed by atoms with E-state index in [1.54, 1.807) is 7.05 Å². The fraction of sp³-hybridized carbons (Fsp3) is 0.0833. The highest BCUT2D eigenvalue weighted by Gasteiger charge is 2.14. The molecule has 0 saturated carbocycles. The van der Waals surface area contributed by atoms with E-state index in [4.69, 9.17) is 16.3 Å². The van der Waals surface area contributed by atoms with Gasteiger partial charge in [0.05, 0.1) is 26.6 Å². The Kier molecular flexibility index (Phi) is 4.59. The van der Waals surface area contributed by atoms with E-state index in [0.717, 1.165) is 12.1 Å². The topological polar surface area (TPSA) is 77.3 Å². The van der Waals surface area contributed by atoms with E-state index in [-0.39, 0.29) is 28.2 Å². The van der Waals surface area contributed by atoms with Crippen LogP contribution in [0.25, 0.3) is 0 Å². The summed E-state index contributed by atoms with van der Waals surface area (Å²) in [6, 6.07) is 4.78. The molecule has 0 aliphatic rings. The maximum atomic E-state index is 13.4. The van der Waals surface area contributed by atoms with Crippen LogP contribution >= 0.6 is 27.5 Å². The van der Waals surface area contributed by atoms with Gasteiger partial charge in [0, 0.05) is 13.1 Å². The molecule has 110 valence electrons. The first-order valence-corrected chi connectivity index (χ1v) is 6.74. The number of pyridine rings is 1. The molecule has 21 heavy (non-hydrogen) atoms. The van der Waals surface area contributed by atoms with Crippen LogP contribution in [0.3, 0.4) is 0 Å². The lowest BCUT2D eigenvalue weighted by molar-refractivity contribution is -0.384. The Labute approximate surface area is 132 Å². The van der Waals surface area contributed by atoms with Crippen LogP contribution in [0.2, 0.25) is 5.02 Å². The minimum absolute atomic E-state index is 0.0454. The molecular formula is C12H8BrClFN3O3. The van der Waals surface area contributed by atoms with Crippen molar-refractivity contribution in [1.82, 2.24) is 4.98 Å². The third kappa shape index (κ3) is 3.59. The third-order valence-electron chi connectivity index (χ3n) is 2.44. The van der Waals surface area contributed by atoms with Crippen LogP contribution in [0, 0.1) is 15.9 Å². The Balaban J connectivity index is 2.41. The first-order valence-electron chi connectivity index (χ1n) is 5.57. The zero-order chi connectivity index (χ0) is 15.6. The molecule has 0 fully saturated rings. The number of anilines is 1. The first-order chi connectivity index (χ1) is 9.90. The highest BCUT2D eigenvalue weighted by Crippen LogP contribution is 2.34. The number of nitrogens with one attached hydrogen (secondary N) is 1. The maximum Gasteiger partial charge on any atom is 0.278 e. The summed E-state index contributed by atoms with van der Waals surface area (Å²) in [4.78, 5) is 14.3. The van der Waals surface area contributed by atoms with Crippen molar-refractivity contribution in [3.63, 3.8) is 0 Å². The molecule has 1 aromatic heterocycles. The van der Waals surface area contributed by atoms with E-state index in [9.17, 15) is 14.5 Å². The van der Waals surface area contributed by atoms with E-state index >= 15 is 0 Å². The summed E-state index contributed by atoms with van der Waals surface area (Å²) in [6.07, 6.45) is 0. The van der Waals surface area contributed by atoms with E-state index < -0.39 is 10.7 Å². The fourth-order valence-electron chi connectivity index (χ4n) is 1.47. The summed E-state index contributed by atoms with van der Waals surface area (Å²) in [5.41, 5.74) is -0.199. The lowest BCUT2D eigenvalue weighted by atomic mass is 10.3. The maximum absolute atomic E-state index is 13.4. The summed E-state index contributed by atoms with van der Waals surface area (Å²) in [5.74, 6) is -0.359. The van der Waals surface area contributed by atoms with E-state index in [2.05, 4.69) is 26.2 Å². The molecule has 2 rings (SSSR count). The molecule has 1 N–H and O–H groups in total. The second kappa shape index (κ2) is 6.23. The molecule has 0 bridgehead atoms. The Bertz CT molecular complexity index is 714. The molecule has 0 aliphatic carbocycles. The van der Waals surface area contributed by atoms with Crippen LogP contribution < -0.4 is 10.1 Å². The van der Waals surface area contributed by atoms with Crippen molar-refractivity contribution in [1.29, 1.82) is 0 Å². The zero-order valence-electron chi connectivity index (χ0n) is 10.6. The van der Waals surface area contributed by atoms with E-state index in [1.807, 2.05) is 0 Å². The van der Waals surface area contributed by atoms with Crippen molar-refractivity contribution in [3.8, 4) is 11.6 Å². The summed E-state index contributed by atoms with van der Waals surface area (Å²) in [5, 5.41) is 13.5. The van der Waals surface area contributed by atoms with Crippen LogP contribution in [0.5, 0.6) is 11.6 Å². The number of hydrogen-bond acceptors (Lipinski definition) is 5. The fourth-order valence-corrected chi connectivity index (χ4v) is 2.19. The number of aromatic nitrogens is 1. The highest BCUT2D eigenvalue weighted by atomic mass is 79.9. The SMILES string of the molecule is CNc1cc([N+](=O)[O-])cc(Oc2cc(F)c(Cl)cc2Br)n1. The van der Waals surface area contributed by atoms with E-state index in [1.165, 1.54) is 12.1 Å². The van der Waals surface area contributed by atoms with Crippen molar-refractivity contribution in [2.24, 2.45) is 0 Å². The molecule has 0 saturated heterocycles. The van der Waals surface area contributed by atoms with Gasteiger partial charge in [-0.25, -0.2) is 4.39 Å². The van der Waals surface area contributed by atoms with Crippen molar-refractivity contribution in [2.45, 2.75) is 0 Å². The molecular weight excluding hydrogens is 369 g/mol. The highest BCUT2D eigenvalue weighted by molar-refractivity contribution is 9.10. The van der Waals surface area contributed by atoms with Crippen LogP contribution in [0.15, 0.2) is 28.7 Å². The Morgan fingerprint density at radius 1 is 1.43 bits per heavy atom. The predicted molar refractivity (Wildman–Crippen MR) is 79.6 cm³/mol. The standard InChI is InChI=1S/C12H8BrClFN3O3/c1-16-11-2-6(18(19)20)3-12(17-11)21-10-5-9(15)8(14)4-7(10)13/h2-5H,1H3,(H,16,17). The summed E-state index contributed by atoms with van der Waals surface area (Å²) >= 11 is 8.80. The number of nitrogens with zero attached hydrogens (tertiary/aromatic N) is 2. The molecule has 9 heteroatoms. The number of ether oxygens (including phenoxy) is 1. The van der Waals surface area contributed by atoms with Crippen molar-refractivity contribution in [3.05, 3.63) is 49.7 Å². The average molecular weight is 377 g/mol. The Morgan fingerprint density at radius 2 is 2.14 bits per heavy atom. The summed E-state index contributed by atoms with van der Waals surface area (Å²) < 4.78 is 19.2. The zero-order valence-corrected chi connectivity index (χ0v) is 12.9. The van der Waals surface area contributed by atoms with Gasteiger partial charge in [-0.05, 0) is 22.0 Å². The van der Waals surface area contributed by atoms with Gasteiger partial charge >= 0.3 is 0 Å². The van der Waals surface area contributed by atoms with Crippen LogP contribution in [0.1, 0.15) is 0 Å². The van der Waals surface area contributed by atoms with Crippen LogP contribution in [-0.2, 0) is 0 Å². The molecule has 0 spiro atoms. The summed E-state index contributed by atoms with van der Waals surface area (Å²) in [7, 11) is 1.56. The quantitative estimate of drug-likeness (QED) is 0.487. The van der Waals surface area contributed by atoms with Gasteiger partial charge in [0.15, 0.2) is 0 Å². The second-order valence-electron chi connectivity index (χ2n) is 3.85. The lowest BCUT2D eigenvalue weighted by Crippen LogP contribution is -1.98. The summed E-state index contributed by atoms with van der Waals surface area (Å²) in [6.45, 7) is 0. The monoisotopic (exact) mass is 375 g/mol. The second-order valence-corrected chi connectivity index (χ2v) is 5.12. The van der Waals surface area contributed by atoms with Gasteiger partial charge in [0.1, 0.15) is 17.4 Å². The molecule has 1 aromatic carbocycles. The van der Waals surface area contributed by atoms with Crippen LogP contribution in [0.4, 0.5) is 15.9 Å². The Hall–Kier alpha value is -1.93. The van der Waals surface area contributed by atoms with Gasteiger partial charge in [-0.1, -0.05) is 11.6 Å². The molecule has 0 amide bonds. The first kappa shape index (κ1) is 15.5. The van der Waals surface area contributed by atoms with Crippen molar-refractivity contribution in [2.75, 3.05) is 12.4 Å². The third-order valence-corrected chi connectivity index (χ3v) is 3.35. The van der Waals surface area contributed by atoms with E-state index in [0.29, 0.717) is 4.47 Å². The minimum atomic E-state index is -0.672. The normalized spacial score (nSPS) is 10.3. The van der Waals surface area contributed by atoms with Gasteiger partial charge in [-0.3, -0.25) is 10.1 Å². The van der Waals surface area contributed by atoms with Gasteiger partial charge in [-0.15, -0.1) is 0 Å². The smallest absolute Gasteiger partial charge is 0.278 e. The molecule has 0 aliphatic heterocycles. The molecule has 2 aromatic rings. The van der Waals surface area contributed by atoms with Gasteiger partial charge < -0.3 is 10.1 Å². The van der Waals surface area contributed by atoms with Gasteiger partial charge in [-0.2, -0.15) is 4.98 Å². The van der Waals surface area contributed by atoms with Gasteiger partial charge in [0.2, 0.25) is 5.88 Å². The van der Waals surface area contributed by atoms with Gasteiger partial charge in [0.25, 0.3) is 5.69 Å². The average Bonchev–Trinajstić information content (AvgIpc) is 2.44.